The highest BCUT2D eigenvalue weighted by atomic mass is 35.5. The molecule has 1 fully saturated rings. The van der Waals surface area contributed by atoms with Crippen LogP contribution in [0.4, 0.5) is 5.69 Å². The minimum atomic E-state index is -0.651. The van der Waals surface area contributed by atoms with E-state index in [1.165, 1.54) is 0 Å². The first kappa shape index (κ1) is 30.2. The number of rotatable bonds is 6. The summed E-state index contributed by atoms with van der Waals surface area (Å²) in [6.45, 7) is 5.84. The van der Waals surface area contributed by atoms with Crippen molar-refractivity contribution < 1.29 is 14.3 Å². The number of nitrogens with zero attached hydrogens (tertiary/aromatic N) is 3. The Labute approximate surface area is 249 Å². The number of piperazine rings is 1. The van der Waals surface area contributed by atoms with Crippen LogP contribution in [0.1, 0.15) is 46.2 Å². The monoisotopic (exact) mass is 593 g/mol. The van der Waals surface area contributed by atoms with Crippen LogP contribution in [-0.2, 0) is 11.3 Å². The molecule has 1 amide bonds. The molecule has 1 aliphatic rings. The second-order valence-corrected chi connectivity index (χ2v) is 10.6. The summed E-state index contributed by atoms with van der Waals surface area (Å²) in [4.78, 5) is 44.3. The van der Waals surface area contributed by atoms with E-state index in [-0.39, 0.29) is 25.5 Å². The molecular weight excluding hydrogens is 561 g/mol. The van der Waals surface area contributed by atoms with Crippen molar-refractivity contribution >= 4 is 51.7 Å². The molecule has 0 spiro atoms. The summed E-state index contributed by atoms with van der Waals surface area (Å²) in [6.07, 6.45) is 0. The lowest BCUT2D eigenvalue weighted by Gasteiger charge is -2.37. The van der Waals surface area contributed by atoms with Crippen LogP contribution in [0.15, 0.2) is 71.5 Å². The van der Waals surface area contributed by atoms with Crippen LogP contribution in [0.5, 0.6) is 0 Å². The van der Waals surface area contributed by atoms with Gasteiger partial charge in [0.25, 0.3) is 11.5 Å². The highest BCUT2D eigenvalue weighted by Gasteiger charge is 2.30. The number of pyridine rings is 1. The molecule has 0 N–H and O–H groups in total. The third kappa shape index (κ3) is 6.11. The maximum Gasteiger partial charge on any atom is 0.345 e. The quantitative estimate of drug-likeness (QED) is 0.240. The molecule has 3 aromatic carbocycles. The number of halogens is 2. The van der Waals surface area contributed by atoms with E-state index >= 15 is 0 Å². The van der Waals surface area contributed by atoms with Gasteiger partial charge < -0.3 is 19.1 Å². The number of hydrogen-bond donors (Lipinski definition) is 0. The molecule has 0 bridgehead atoms. The van der Waals surface area contributed by atoms with E-state index in [0.29, 0.717) is 54.0 Å². The van der Waals surface area contributed by atoms with Crippen LogP contribution in [0, 0.1) is 6.92 Å². The number of fused-ring (bicyclic) bond motifs is 1. The van der Waals surface area contributed by atoms with E-state index < -0.39 is 11.5 Å². The molecule has 4 aromatic rings. The molecule has 1 saturated heterocycles. The van der Waals surface area contributed by atoms with E-state index in [2.05, 4.69) is 0 Å². The second-order valence-electron chi connectivity index (χ2n) is 9.75. The van der Waals surface area contributed by atoms with Crippen molar-refractivity contribution in [2.75, 3.05) is 37.7 Å². The van der Waals surface area contributed by atoms with Gasteiger partial charge in [0.05, 0.1) is 34.4 Å². The van der Waals surface area contributed by atoms with Gasteiger partial charge in [-0.15, -0.1) is 0 Å². The van der Waals surface area contributed by atoms with Gasteiger partial charge in [-0.2, -0.15) is 0 Å². The Morgan fingerprint density at radius 3 is 2.27 bits per heavy atom. The van der Waals surface area contributed by atoms with Crippen LogP contribution < -0.4 is 10.5 Å². The van der Waals surface area contributed by atoms with E-state index in [1.54, 1.807) is 34.6 Å². The molecule has 7 nitrogen and oxygen atoms in total. The lowest BCUT2D eigenvalue weighted by Crippen LogP contribution is -2.49. The lowest BCUT2D eigenvalue weighted by molar-refractivity contribution is 0.0523. The van der Waals surface area contributed by atoms with Gasteiger partial charge in [-0.3, -0.25) is 9.59 Å². The number of anilines is 1. The Hall–Kier alpha value is -3.81. The zero-order chi connectivity index (χ0) is 28.4. The predicted octanol–water partition coefficient (Wildman–Crippen LogP) is 6.44. The van der Waals surface area contributed by atoms with Crippen LogP contribution >= 0.6 is 23.2 Å². The summed E-state index contributed by atoms with van der Waals surface area (Å²) in [5.41, 5.74) is 3.30. The van der Waals surface area contributed by atoms with E-state index in [9.17, 15) is 14.4 Å². The van der Waals surface area contributed by atoms with Crippen LogP contribution in [-0.4, -0.2) is 54.1 Å². The molecule has 9 heteroatoms. The lowest BCUT2D eigenvalue weighted by atomic mass is 10.0. The Morgan fingerprint density at radius 2 is 1.61 bits per heavy atom. The molecule has 1 aliphatic heterocycles. The zero-order valence-corrected chi connectivity index (χ0v) is 23.8. The van der Waals surface area contributed by atoms with Gasteiger partial charge in [0.1, 0.15) is 5.56 Å². The number of esters is 1. The van der Waals surface area contributed by atoms with Crippen molar-refractivity contribution in [3.05, 3.63) is 109 Å². The SMILES string of the molecule is C.CCOC(=O)c1c(N2CCN(C(=O)c3ccc(Cl)c(Cl)c3)CC2)c2cc(C)ccc2n(Cc2ccccc2)c1=O. The largest absolute Gasteiger partial charge is 0.462 e. The Balaban J connectivity index is 0.00000387. The number of carbonyl (C=O) groups is 2. The maximum absolute atomic E-state index is 14.0. The molecular formula is C32H33Cl2N3O4. The number of carbonyl (C=O) groups excluding carboxylic acids is 2. The predicted molar refractivity (Wildman–Crippen MR) is 166 cm³/mol. The highest BCUT2D eigenvalue weighted by Crippen LogP contribution is 2.32. The van der Waals surface area contributed by atoms with Crippen molar-refractivity contribution in [2.45, 2.75) is 27.8 Å². The minimum absolute atomic E-state index is 0. The standard InChI is InChI=1S/C31H29Cl2N3O4.CH4/c1-3-40-31(39)27-28(34-13-15-35(16-14-34)29(37)22-10-11-24(32)25(33)18-22)23-17-20(2)9-12-26(23)36(30(27)38)19-21-7-5-4-6-8-21;/h4-12,17-18H,3,13-16,19H2,1-2H3;1H4. The molecule has 2 heterocycles. The smallest absolute Gasteiger partial charge is 0.345 e. The summed E-state index contributed by atoms with van der Waals surface area (Å²) in [5, 5.41) is 1.50. The first-order valence-electron chi connectivity index (χ1n) is 13.2. The average Bonchev–Trinajstić information content (AvgIpc) is 2.96. The first-order chi connectivity index (χ1) is 19.3. The van der Waals surface area contributed by atoms with Crippen molar-refractivity contribution in [3.8, 4) is 0 Å². The Bertz CT molecular complexity index is 1640. The van der Waals surface area contributed by atoms with E-state index in [0.717, 1.165) is 22.0 Å². The van der Waals surface area contributed by atoms with Gasteiger partial charge >= 0.3 is 5.97 Å². The summed E-state index contributed by atoms with van der Waals surface area (Å²) in [6, 6.07) is 20.4. The normalized spacial score (nSPS) is 13.2. The summed E-state index contributed by atoms with van der Waals surface area (Å²) in [5.74, 6) is -0.801. The van der Waals surface area contributed by atoms with Gasteiger partial charge in [0.15, 0.2) is 0 Å². The van der Waals surface area contributed by atoms with Crippen LogP contribution in [0.25, 0.3) is 10.9 Å². The second kappa shape index (κ2) is 12.8. The molecule has 0 radical (unpaired) electrons. The number of amides is 1. The van der Waals surface area contributed by atoms with Crippen molar-refractivity contribution in [2.24, 2.45) is 0 Å². The van der Waals surface area contributed by atoms with Gasteiger partial charge in [-0.05, 0) is 49.7 Å². The fourth-order valence-electron chi connectivity index (χ4n) is 5.14. The molecule has 0 unspecified atom stereocenters. The molecule has 0 saturated carbocycles. The number of aromatic nitrogens is 1. The van der Waals surface area contributed by atoms with Crippen molar-refractivity contribution in [1.29, 1.82) is 0 Å². The minimum Gasteiger partial charge on any atom is -0.462 e. The molecule has 1 aromatic heterocycles. The fraction of sp³-hybridized carbons (Fsp3) is 0.281. The maximum atomic E-state index is 14.0. The molecule has 5 rings (SSSR count). The molecule has 41 heavy (non-hydrogen) atoms. The molecule has 0 atom stereocenters. The van der Waals surface area contributed by atoms with Crippen molar-refractivity contribution in [3.63, 3.8) is 0 Å². The third-order valence-electron chi connectivity index (χ3n) is 7.11. The van der Waals surface area contributed by atoms with Crippen molar-refractivity contribution in [1.82, 2.24) is 9.47 Å². The third-order valence-corrected chi connectivity index (χ3v) is 7.85. The topological polar surface area (TPSA) is 71.8 Å². The Morgan fingerprint density at radius 1 is 0.902 bits per heavy atom. The molecule has 0 aliphatic carbocycles. The van der Waals surface area contributed by atoms with Gasteiger partial charge in [-0.25, -0.2) is 4.79 Å². The fourth-order valence-corrected chi connectivity index (χ4v) is 5.44. The first-order valence-corrected chi connectivity index (χ1v) is 13.9. The number of benzene rings is 3. The van der Waals surface area contributed by atoms with Crippen LogP contribution in [0.3, 0.4) is 0 Å². The molecule has 214 valence electrons. The zero-order valence-electron chi connectivity index (χ0n) is 22.3. The van der Waals surface area contributed by atoms with Crippen LogP contribution in [0.2, 0.25) is 10.0 Å². The van der Waals surface area contributed by atoms with Gasteiger partial charge in [0, 0.05) is 37.1 Å². The summed E-state index contributed by atoms with van der Waals surface area (Å²) >= 11 is 12.2. The summed E-state index contributed by atoms with van der Waals surface area (Å²) < 4.78 is 7.04. The van der Waals surface area contributed by atoms with E-state index in [4.69, 9.17) is 27.9 Å². The number of aryl methyl sites for hydroxylation is 1. The van der Waals surface area contributed by atoms with Gasteiger partial charge in [0.2, 0.25) is 0 Å². The number of hydrogen-bond acceptors (Lipinski definition) is 5. The Kier molecular flexibility index (Phi) is 9.41. The van der Waals surface area contributed by atoms with Gasteiger partial charge in [-0.1, -0.05) is 72.6 Å². The number of ether oxygens (including phenoxy) is 1. The summed E-state index contributed by atoms with van der Waals surface area (Å²) in [7, 11) is 0. The highest BCUT2D eigenvalue weighted by molar-refractivity contribution is 6.42. The average molecular weight is 595 g/mol. The van der Waals surface area contributed by atoms with E-state index in [1.807, 2.05) is 60.4 Å².